The molecule has 0 atom stereocenters. The molecule has 6 nitrogen and oxygen atoms in total. The third kappa shape index (κ3) is 2.31. The summed E-state index contributed by atoms with van der Waals surface area (Å²) in [6, 6.07) is 3.17. The Bertz CT molecular complexity index is 507. The summed E-state index contributed by atoms with van der Waals surface area (Å²) in [5, 5.41) is 3.10. The molecule has 2 aromatic rings. The fourth-order valence-electron chi connectivity index (χ4n) is 1.06. The van der Waals surface area contributed by atoms with E-state index in [2.05, 4.69) is 19.7 Å². The van der Waals surface area contributed by atoms with Crippen molar-refractivity contribution in [2.75, 3.05) is 11.1 Å². The summed E-state index contributed by atoms with van der Waals surface area (Å²) in [5.41, 5.74) is 5.85. The molecular weight excluding hydrogens is 226 g/mol. The average Bonchev–Trinajstić information content (AvgIpc) is 2.65. The lowest BCUT2D eigenvalue weighted by Crippen LogP contribution is -2.12. The minimum absolute atomic E-state index is 0.274. The van der Waals surface area contributed by atoms with Crippen LogP contribution in [0.25, 0.3) is 0 Å². The fraction of sp³-hybridized carbons (Fsp3) is 0.111. The molecule has 7 heteroatoms. The van der Waals surface area contributed by atoms with Gasteiger partial charge in [-0.3, -0.25) is 10.1 Å². The fourth-order valence-corrected chi connectivity index (χ4v) is 1.63. The molecule has 0 fully saturated rings. The molecule has 0 spiro atoms. The van der Waals surface area contributed by atoms with E-state index in [-0.39, 0.29) is 5.91 Å². The van der Waals surface area contributed by atoms with Gasteiger partial charge in [0, 0.05) is 17.7 Å². The first-order valence-electron chi connectivity index (χ1n) is 4.48. The summed E-state index contributed by atoms with van der Waals surface area (Å²) in [5.74, 6) is 0.739. The molecule has 0 aromatic carbocycles. The van der Waals surface area contributed by atoms with Crippen LogP contribution in [0.4, 0.5) is 10.9 Å². The summed E-state index contributed by atoms with van der Waals surface area (Å²) in [4.78, 5) is 19.5. The molecule has 0 aliphatic carbocycles. The third-order valence-electron chi connectivity index (χ3n) is 1.80. The summed E-state index contributed by atoms with van der Waals surface area (Å²) in [6.07, 6.45) is 1.42. The topological polar surface area (TPSA) is 93.8 Å². The first-order valence-corrected chi connectivity index (χ1v) is 5.25. The van der Waals surface area contributed by atoms with Gasteiger partial charge in [-0.15, -0.1) is 0 Å². The lowest BCUT2D eigenvalue weighted by Gasteiger charge is -2.00. The van der Waals surface area contributed by atoms with Gasteiger partial charge >= 0.3 is 0 Å². The zero-order chi connectivity index (χ0) is 11.5. The van der Waals surface area contributed by atoms with E-state index >= 15 is 0 Å². The number of anilines is 2. The van der Waals surface area contributed by atoms with Gasteiger partial charge in [-0.1, -0.05) is 0 Å². The number of hydrogen-bond donors (Lipinski definition) is 2. The summed E-state index contributed by atoms with van der Waals surface area (Å²) < 4.78 is 3.96. The van der Waals surface area contributed by atoms with Gasteiger partial charge in [0.2, 0.25) is 5.13 Å². The van der Waals surface area contributed by atoms with E-state index in [0.29, 0.717) is 22.3 Å². The Kier molecular flexibility index (Phi) is 2.78. The highest BCUT2D eigenvalue weighted by molar-refractivity contribution is 7.09. The van der Waals surface area contributed by atoms with E-state index in [1.54, 1.807) is 19.1 Å². The van der Waals surface area contributed by atoms with Crippen molar-refractivity contribution in [2.45, 2.75) is 6.92 Å². The number of nitrogens with one attached hydrogen (secondary N) is 1. The van der Waals surface area contributed by atoms with Crippen molar-refractivity contribution < 1.29 is 4.79 Å². The standard InChI is InChI=1S/C9H9N5OS/c1-5-12-9(16-14-5)13-8(15)6-2-3-7(10)11-4-6/h2-4H,1H3,(H2,10,11)(H,12,13,14,15). The van der Waals surface area contributed by atoms with Gasteiger partial charge in [0.05, 0.1) is 5.56 Å². The molecule has 0 saturated carbocycles. The van der Waals surface area contributed by atoms with Crippen LogP contribution in [-0.2, 0) is 0 Å². The van der Waals surface area contributed by atoms with Crippen LogP contribution in [0.3, 0.4) is 0 Å². The van der Waals surface area contributed by atoms with Gasteiger partial charge in [-0.25, -0.2) is 9.97 Å². The Hall–Kier alpha value is -2.02. The molecule has 0 radical (unpaired) electrons. The van der Waals surface area contributed by atoms with E-state index in [0.717, 1.165) is 11.5 Å². The van der Waals surface area contributed by atoms with Crippen LogP contribution < -0.4 is 11.1 Å². The maximum absolute atomic E-state index is 11.7. The number of carbonyl (C=O) groups excluding carboxylic acids is 1. The van der Waals surface area contributed by atoms with Crippen molar-refractivity contribution in [3.05, 3.63) is 29.7 Å². The first-order chi connectivity index (χ1) is 7.65. The number of nitrogens with zero attached hydrogens (tertiary/aromatic N) is 3. The normalized spacial score (nSPS) is 10.1. The Balaban J connectivity index is 2.11. The predicted octanol–water partition coefficient (Wildman–Crippen LogP) is 1.08. The number of nitrogens with two attached hydrogens (primary N) is 1. The maximum atomic E-state index is 11.7. The number of aromatic nitrogens is 3. The summed E-state index contributed by atoms with van der Waals surface area (Å²) in [6.45, 7) is 1.76. The SMILES string of the molecule is Cc1nsc(NC(=O)c2ccc(N)nc2)n1. The monoisotopic (exact) mass is 235 g/mol. The van der Waals surface area contributed by atoms with Crippen LogP contribution in [0.15, 0.2) is 18.3 Å². The van der Waals surface area contributed by atoms with Gasteiger partial charge in [0.1, 0.15) is 11.6 Å². The largest absolute Gasteiger partial charge is 0.384 e. The minimum atomic E-state index is -0.274. The van der Waals surface area contributed by atoms with Crippen LogP contribution in [0, 0.1) is 6.92 Å². The number of nitrogen functional groups attached to an aromatic ring is 1. The van der Waals surface area contributed by atoms with E-state index in [4.69, 9.17) is 5.73 Å². The van der Waals surface area contributed by atoms with Crippen LogP contribution in [0.1, 0.15) is 16.2 Å². The molecule has 2 aromatic heterocycles. The molecule has 16 heavy (non-hydrogen) atoms. The predicted molar refractivity (Wildman–Crippen MR) is 61.2 cm³/mol. The third-order valence-corrected chi connectivity index (χ3v) is 2.52. The van der Waals surface area contributed by atoms with Gasteiger partial charge in [-0.2, -0.15) is 4.37 Å². The minimum Gasteiger partial charge on any atom is -0.384 e. The van der Waals surface area contributed by atoms with Crippen molar-refractivity contribution in [1.29, 1.82) is 0 Å². The van der Waals surface area contributed by atoms with Crippen LogP contribution in [0.5, 0.6) is 0 Å². The number of rotatable bonds is 2. The Morgan fingerprint density at radius 3 is 2.88 bits per heavy atom. The second kappa shape index (κ2) is 4.23. The quantitative estimate of drug-likeness (QED) is 0.812. The highest BCUT2D eigenvalue weighted by Gasteiger charge is 2.08. The van der Waals surface area contributed by atoms with Crippen LogP contribution >= 0.6 is 11.5 Å². The highest BCUT2D eigenvalue weighted by atomic mass is 32.1. The van der Waals surface area contributed by atoms with Crippen molar-refractivity contribution in [3.8, 4) is 0 Å². The molecule has 0 bridgehead atoms. The number of hydrogen-bond acceptors (Lipinski definition) is 6. The zero-order valence-electron chi connectivity index (χ0n) is 8.47. The van der Waals surface area contributed by atoms with Gasteiger partial charge in [0.15, 0.2) is 0 Å². The molecule has 3 N–H and O–H groups in total. The molecule has 0 unspecified atom stereocenters. The van der Waals surface area contributed by atoms with Gasteiger partial charge in [-0.05, 0) is 19.1 Å². The molecule has 0 saturated heterocycles. The second-order valence-corrected chi connectivity index (χ2v) is 3.82. The molecule has 0 aliphatic rings. The van der Waals surface area contributed by atoms with Crippen LogP contribution in [-0.4, -0.2) is 20.2 Å². The zero-order valence-corrected chi connectivity index (χ0v) is 9.28. The summed E-state index contributed by atoms with van der Waals surface area (Å²) >= 11 is 1.14. The van der Waals surface area contributed by atoms with Crippen molar-refractivity contribution >= 4 is 28.4 Å². The second-order valence-electron chi connectivity index (χ2n) is 3.07. The number of pyridine rings is 1. The lowest BCUT2D eigenvalue weighted by molar-refractivity contribution is 0.102. The van der Waals surface area contributed by atoms with Crippen molar-refractivity contribution in [1.82, 2.24) is 14.3 Å². The van der Waals surface area contributed by atoms with E-state index < -0.39 is 0 Å². The van der Waals surface area contributed by atoms with E-state index in [1.165, 1.54) is 6.20 Å². The van der Waals surface area contributed by atoms with Crippen LogP contribution in [0.2, 0.25) is 0 Å². The molecular formula is C9H9N5OS. The Morgan fingerprint density at radius 2 is 2.31 bits per heavy atom. The number of amides is 1. The molecule has 1 amide bonds. The average molecular weight is 235 g/mol. The summed E-state index contributed by atoms with van der Waals surface area (Å²) in [7, 11) is 0. The van der Waals surface area contributed by atoms with E-state index in [1.807, 2.05) is 0 Å². The highest BCUT2D eigenvalue weighted by Crippen LogP contribution is 2.12. The Labute approximate surface area is 95.7 Å². The number of aryl methyl sites for hydroxylation is 1. The molecule has 2 rings (SSSR count). The number of carbonyl (C=O) groups is 1. The molecule has 82 valence electrons. The van der Waals surface area contributed by atoms with E-state index in [9.17, 15) is 4.79 Å². The Morgan fingerprint density at radius 1 is 1.50 bits per heavy atom. The first kappa shape index (κ1) is 10.5. The molecule has 2 heterocycles. The van der Waals surface area contributed by atoms with Crippen molar-refractivity contribution in [2.24, 2.45) is 0 Å². The smallest absolute Gasteiger partial charge is 0.259 e. The van der Waals surface area contributed by atoms with Crippen molar-refractivity contribution in [3.63, 3.8) is 0 Å². The van der Waals surface area contributed by atoms with Gasteiger partial charge in [0.25, 0.3) is 5.91 Å². The maximum Gasteiger partial charge on any atom is 0.259 e. The lowest BCUT2D eigenvalue weighted by atomic mass is 10.2. The van der Waals surface area contributed by atoms with Gasteiger partial charge < -0.3 is 5.73 Å². The molecule has 0 aliphatic heterocycles.